The Kier molecular flexibility index (Phi) is 4.08. The monoisotopic (exact) mass is 430 g/mol. The van der Waals surface area contributed by atoms with Gasteiger partial charge in [0.1, 0.15) is 11.8 Å². The van der Waals surface area contributed by atoms with Gasteiger partial charge in [0.05, 0.1) is 43.3 Å². The number of nitrogens with zero attached hydrogens (tertiary/aromatic N) is 3. The van der Waals surface area contributed by atoms with Crippen molar-refractivity contribution in [1.29, 1.82) is 0 Å². The lowest BCUT2D eigenvalue weighted by Gasteiger charge is -2.16. The fourth-order valence-electron chi connectivity index (χ4n) is 5.61. The van der Waals surface area contributed by atoms with E-state index in [1.807, 2.05) is 30.5 Å². The van der Waals surface area contributed by atoms with Gasteiger partial charge in [-0.25, -0.2) is 11.4 Å². The average Bonchev–Trinajstić information content (AvgIpc) is 3.20. The quantitative estimate of drug-likeness (QED) is 0.754. The fourth-order valence-corrected chi connectivity index (χ4v) is 5.61. The smallest absolute Gasteiger partial charge is 0.415 e. The van der Waals surface area contributed by atoms with Crippen LogP contribution in [0, 0.1) is 18.4 Å². The number of hydrogen-bond acceptors (Lipinski definition) is 5. The van der Waals surface area contributed by atoms with Crippen molar-refractivity contribution in [2.24, 2.45) is 11.8 Å². The molecular formula is C24H22N4O4. The molecule has 3 aliphatic heterocycles. The van der Waals surface area contributed by atoms with E-state index >= 15 is 0 Å². The standard InChI is InChI=1S/C24H22N4O4/c1-13(29)26-10-21-20-8-16-7-14(3-5-19(16)28(20)23(30)32-21)15-4-6-22(27-9-15)24(25-2)17-11-31-12-18(17)24/h3-7,9,17-18,20-21H,8,10-12H2,1H3,(H,26,29)/t17-,18?,20+,21+,24?/m1/s1. The maximum atomic E-state index is 12.4. The van der Waals surface area contributed by atoms with E-state index in [0.29, 0.717) is 26.2 Å². The number of amides is 2. The summed E-state index contributed by atoms with van der Waals surface area (Å²) in [6, 6.07) is 9.90. The number of rotatable bonds is 4. The second-order valence-electron chi connectivity index (χ2n) is 8.96. The molecule has 2 unspecified atom stereocenters. The molecule has 2 aromatic rings. The summed E-state index contributed by atoms with van der Waals surface area (Å²) in [5.74, 6) is 0.379. The molecule has 6 rings (SSSR count). The SMILES string of the molecule is [C-]#[N+]C1(c2ccc(-c3ccc4c(c3)C[C@H]3[C@H](CNC(C)=O)OC(=O)N43)cn2)C2COC[C@H]21. The summed E-state index contributed by atoms with van der Waals surface area (Å²) in [6.45, 7) is 10.8. The summed E-state index contributed by atoms with van der Waals surface area (Å²) in [7, 11) is 0. The van der Waals surface area contributed by atoms with Crippen LogP contribution < -0.4 is 10.2 Å². The lowest BCUT2D eigenvalue weighted by atomic mass is 9.99. The molecule has 3 fully saturated rings. The zero-order valence-corrected chi connectivity index (χ0v) is 17.6. The Bertz CT molecular complexity index is 1160. The maximum Gasteiger partial charge on any atom is 0.415 e. The van der Waals surface area contributed by atoms with Gasteiger partial charge >= 0.3 is 6.09 Å². The van der Waals surface area contributed by atoms with Crippen LogP contribution in [0.5, 0.6) is 0 Å². The van der Waals surface area contributed by atoms with Gasteiger partial charge < -0.3 is 19.6 Å². The summed E-state index contributed by atoms with van der Waals surface area (Å²) in [4.78, 5) is 34.0. The molecule has 2 amide bonds. The number of aromatic nitrogens is 1. The summed E-state index contributed by atoms with van der Waals surface area (Å²) < 4.78 is 10.9. The van der Waals surface area contributed by atoms with Crippen molar-refractivity contribution in [3.63, 3.8) is 0 Å². The predicted molar refractivity (Wildman–Crippen MR) is 115 cm³/mol. The Morgan fingerprint density at radius 2 is 2.06 bits per heavy atom. The van der Waals surface area contributed by atoms with E-state index in [1.54, 1.807) is 4.90 Å². The van der Waals surface area contributed by atoms with Gasteiger partial charge in [-0.1, -0.05) is 12.1 Å². The molecule has 32 heavy (non-hydrogen) atoms. The van der Waals surface area contributed by atoms with Crippen LogP contribution in [-0.2, 0) is 26.2 Å². The molecule has 2 saturated heterocycles. The van der Waals surface area contributed by atoms with Crippen LogP contribution in [0.3, 0.4) is 0 Å². The third kappa shape index (κ3) is 2.61. The van der Waals surface area contributed by atoms with Crippen LogP contribution in [0.4, 0.5) is 10.5 Å². The molecule has 4 aliphatic rings. The zero-order chi connectivity index (χ0) is 22.0. The Hall–Kier alpha value is -3.44. The van der Waals surface area contributed by atoms with Crippen molar-refractivity contribution in [1.82, 2.24) is 10.3 Å². The highest BCUT2D eigenvalue weighted by Gasteiger charge is 2.77. The third-order valence-corrected chi connectivity index (χ3v) is 7.32. The molecule has 5 atom stereocenters. The van der Waals surface area contributed by atoms with Crippen molar-refractivity contribution in [2.45, 2.75) is 31.0 Å². The number of hydrogen-bond donors (Lipinski definition) is 1. The van der Waals surface area contributed by atoms with Crippen LogP contribution in [0.15, 0.2) is 36.5 Å². The Morgan fingerprint density at radius 3 is 2.75 bits per heavy atom. The summed E-state index contributed by atoms with van der Waals surface area (Å²) >= 11 is 0. The minimum atomic E-state index is -0.511. The topological polar surface area (TPSA) is 85.1 Å². The van der Waals surface area contributed by atoms with Crippen molar-refractivity contribution < 1.29 is 19.1 Å². The Morgan fingerprint density at radius 1 is 1.28 bits per heavy atom. The number of cyclic esters (lactones) is 1. The summed E-state index contributed by atoms with van der Waals surface area (Å²) in [6.07, 6.45) is 1.78. The van der Waals surface area contributed by atoms with Crippen molar-refractivity contribution >= 4 is 17.7 Å². The number of carbonyl (C=O) groups excluding carboxylic acids is 2. The zero-order valence-electron chi connectivity index (χ0n) is 17.6. The minimum absolute atomic E-state index is 0.116. The van der Waals surface area contributed by atoms with E-state index in [1.165, 1.54) is 6.92 Å². The van der Waals surface area contributed by atoms with Gasteiger partial charge in [0.2, 0.25) is 5.91 Å². The lowest BCUT2D eigenvalue weighted by Crippen LogP contribution is -2.40. The third-order valence-electron chi connectivity index (χ3n) is 7.32. The van der Waals surface area contributed by atoms with Gasteiger partial charge in [0.25, 0.3) is 5.54 Å². The van der Waals surface area contributed by atoms with E-state index in [-0.39, 0.29) is 36.0 Å². The Labute approximate surface area is 185 Å². The van der Waals surface area contributed by atoms with Gasteiger partial charge in [-0.3, -0.25) is 14.7 Å². The first-order chi connectivity index (χ1) is 15.5. The fraction of sp³-hybridized carbons (Fsp3) is 0.417. The van der Waals surface area contributed by atoms with Crippen LogP contribution in [0.1, 0.15) is 18.2 Å². The second kappa shape index (κ2) is 6.78. The summed E-state index contributed by atoms with van der Waals surface area (Å²) in [5, 5.41) is 2.75. The number of ether oxygens (including phenoxy) is 2. The molecule has 0 radical (unpaired) electrons. The molecule has 8 heteroatoms. The normalized spacial score (nSPS) is 31.4. The first kappa shape index (κ1) is 19.3. The molecule has 1 aliphatic carbocycles. The summed E-state index contributed by atoms with van der Waals surface area (Å²) in [5.41, 5.74) is 4.25. The van der Waals surface area contributed by atoms with Gasteiger partial charge in [-0.2, -0.15) is 0 Å². The average molecular weight is 430 g/mol. The second-order valence-corrected chi connectivity index (χ2v) is 8.96. The van der Waals surface area contributed by atoms with Gasteiger partial charge in [0.15, 0.2) is 0 Å². The first-order valence-electron chi connectivity index (χ1n) is 10.8. The number of pyridine rings is 1. The molecule has 1 N–H and O–H groups in total. The van der Waals surface area contributed by atoms with Gasteiger partial charge in [-0.05, 0) is 35.7 Å². The molecule has 4 heterocycles. The highest BCUT2D eigenvalue weighted by molar-refractivity contribution is 5.94. The molecule has 8 nitrogen and oxygen atoms in total. The van der Waals surface area contributed by atoms with Crippen molar-refractivity contribution in [2.75, 3.05) is 24.7 Å². The molecule has 1 aromatic heterocycles. The molecule has 0 spiro atoms. The Balaban J connectivity index is 1.24. The number of carbonyl (C=O) groups is 2. The molecule has 1 saturated carbocycles. The van der Waals surface area contributed by atoms with E-state index in [9.17, 15) is 9.59 Å². The van der Waals surface area contributed by atoms with Gasteiger partial charge in [-0.15, -0.1) is 0 Å². The predicted octanol–water partition coefficient (Wildman–Crippen LogP) is 2.53. The lowest BCUT2D eigenvalue weighted by molar-refractivity contribution is -0.119. The van der Waals surface area contributed by atoms with Crippen molar-refractivity contribution in [3.8, 4) is 11.1 Å². The van der Waals surface area contributed by atoms with Crippen LogP contribution in [0.2, 0.25) is 0 Å². The van der Waals surface area contributed by atoms with Crippen LogP contribution in [0.25, 0.3) is 16.0 Å². The van der Waals surface area contributed by atoms with Crippen LogP contribution in [-0.4, -0.2) is 48.9 Å². The molecular weight excluding hydrogens is 408 g/mol. The number of benzene rings is 1. The van der Waals surface area contributed by atoms with Crippen molar-refractivity contribution in [3.05, 3.63) is 59.2 Å². The molecule has 162 valence electrons. The van der Waals surface area contributed by atoms with E-state index in [0.717, 1.165) is 28.1 Å². The van der Waals surface area contributed by atoms with Gasteiger partial charge in [0, 0.05) is 18.7 Å². The van der Waals surface area contributed by atoms with E-state index < -0.39 is 5.54 Å². The first-order valence-corrected chi connectivity index (χ1v) is 10.8. The number of fused-ring (bicyclic) bond motifs is 4. The van der Waals surface area contributed by atoms with E-state index in [4.69, 9.17) is 16.0 Å². The van der Waals surface area contributed by atoms with Crippen LogP contribution >= 0.6 is 0 Å². The van der Waals surface area contributed by atoms with E-state index in [2.05, 4.69) is 21.2 Å². The largest absolute Gasteiger partial charge is 0.442 e. The molecule has 0 bridgehead atoms. The maximum absolute atomic E-state index is 12.4. The number of anilines is 1. The minimum Gasteiger partial charge on any atom is -0.442 e. The highest BCUT2D eigenvalue weighted by atomic mass is 16.6. The molecule has 1 aromatic carbocycles. The highest BCUT2D eigenvalue weighted by Crippen LogP contribution is 2.63. The number of nitrogens with one attached hydrogen (secondary N) is 1.